The number of hydrogen-bond donors (Lipinski definition) is 1. The van der Waals surface area contributed by atoms with Crippen LogP contribution in [0.4, 0.5) is 0 Å². The van der Waals surface area contributed by atoms with Gasteiger partial charge >= 0.3 is 0 Å². The third-order valence-corrected chi connectivity index (χ3v) is 4.10. The Labute approximate surface area is 132 Å². The second-order valence-electron chi connectivity index (χ2n) is 6.91. The Morgan fingerprint density at radius 2 is 2.18 bits per heavy atom. The van der Waals surface area contributed by atoms with Crippen LogP contribution in [0.5, 0.6) is 0 Å². The number of rotatable bonds is 5. The van der Waals surface area contributed by atoms with E-state index in [0.29, 0.717) is 23.1 Å². The number of hydrogen-bond acceptors (Lipinski definition) is 3. The van der Waals surface area contributed by atoms with E-state index in [4.69, 9.17) is 0 Å². The third kappa shape index (κ3) is 4.44. The van der Waals surface area contributed by atoms with E-state index in [-0.39, 0.29) is 11.5 Å². The number of aryl methyl sites for hydroxylation is 1. The van der Waals surface area contributed by atoms with Gasteiger partial charge in [0.05, 0.1) is 0 Å². The monoisotopic (exact) mass is 305 g/mol. The largest absolute Gasteiger partial charge is 0.341 e. The van der Waals surface area contributed by atoms with Crippen molar-refractivity contribution >= 4 is 5.91 Å². The lowest BCUT2D eigenvalue weighted by atomic mass is 10.1. The number of aromatic amines is 1. The SMILES string of the molecule is Cc1cc(C(=O)N(C)C[C@H]2CCN(CC(C)C)C2)cc(=O)[nH]1. The first-order chi connectivity index (χ1) is 10.3. The Bertz CT molecular complexity index is 580. The van der Waals surface area contributed by atoms with Gasteiger partial charge in [-0.3, -0.25) is 9.59 Å². The molecule has 0 aliphatic carbocycles. The molecule has 1 aliphatic rings. The van der Waals surface area contributed by atoms with E-state index in [1.54, 1.807) is 17.9 Å². The zero-order valence-corrected chi connectivity index (χ0v) is 14.1. The molecule has 5 nitrogen and oxygen atoms in total. The zero-order valence-electron chi connectivity index (χ0n) is 14.1. The van der Waals surface area contributed by atoms with E-state index in [1.165, 1.54) is 6.07 Å². The molecule has 1 atom stereocenters. The first kappa shape index (κ1) is 16.7. The number of aromatic nitrogens is 1. The highest BCUT2D eigenvalue weighted by molar-refractivity contribution is 5.94. The minimum Gasteiger partial charge on any atom is -0.341 e. The average molecular weight is 305 g/mol. The van der Waals surface area contributed by atoms with E-state index >= 15 is 0 Å². The van der Waals surface area contributed by atoms with Crippen LogP contribution in [0.2, 0.25) is 0 Å². The molecule has 1 aliphatic heterocycles. The minimum atomic E-state index is -0.222. The smallest absolute Gasteiger partial charge is 0.253 e. The van der Waals surface area contributed by atoms with Crippen molar-refractivity contribution in [2.75, 3.05) is 33.2 Å². The number of nitrogens with one attached hydrogen (secondary N) is 1. The lowest BCUT2D eigenvalue weighted by molar-refractivity contribution is 0.0772. The van der Waals surface area contributed by atoms with Gasteiger partial charge in [-0.2, -0.15) is 0 Å². The number of amides is 1. The summed E-state index contributed by atoms with van der Waals surface area (Å²) >= 11 is 0. The molecule has 122 valence electrons. The summed E-state index contributed by atoms with van der Waals surface area (Å²) in [5.41, 5.74) is 0.967. The number of pyridine rings is 1. The molecule has 0 spiro atoms. The fourth-order valence-electron chi connectivity index (χ4n) is 3.24. The van der Waals surface area contributed by atoms with Crippen LogP contribution in [-0.4, -0.2) is 53.9 Å². The predicted octanol–water partition coefficient (Wildman–Crippen LogP) is 1.73. The quantitative estimate of drug-likeness (QED) is 0.901. The highest BCUT2D eigenvalue weighted by Gasteiger charge is 2.25. The highest BCUT2D eigenvalue weighted by atomic mass is 16.2. The maximum atomic E-state index is 12.5. The second kappa shape index (κ2) is 7.09. The number of carbonyl (C=O) groups is 1. The minimum absolute atomic E-state index is 0.0727. The first-order valence-electron chi connectivity index (χ1n) is 8.04. The Hall–Kier alpha value is -1.62. The number of likely N-dealkylation sites (tertiary alicyclic amines) is 1. The summed E-state index contributed by atoms with van der Waals surface area (Å²) in [6.07, 6.45) is 1.14. The fourth-order valence-corrected chi connectivity index (χ4v) is 3.24. The van der Waals surface area contributed by atoms with Crippen molar-refractivity contribution in [3.05, 3.63) is 33.7 Å². The molecular formula is C17H27N3O2. The highest BCUT2D eigenvalue weighted by Crippen LogP contribution is 2.19. The van der Waals surface area contributed by atoms with Crippen molar-refractivity contribution in [2.24, 2.45) is 11.8 Å². The average Bonchev–Trinajstić information content (AvgIpc) is 2.82. The van der Waals surface area contributed by atoms with Crippen molar-refractivity contribution in [3.8, 4) is 0 Å². The number of carbonyl (C=O) groups excluding carboxylic acids is 1. The van der Waals surface area contributed by atoms with Gasteiger partial charge in [0, 0.05) is 44.0 Å². The Kier molecular flexibility index (Phi) is 5.40. The van der Waals surface area contributed by atoms with Crippen molar-refractivity contribution in [1.82, 2.24) is 14.8 Å². The van der Waals surface area contributed by atoms with E-state index in [9.17, 15) is 9.59 Å². The van der Waals surface area contributed by atoms with E-state index in [0.717, 1.165) is 32.6 Å². The topological polar surface area (TPSA) is 56.4 Å². The van der Waals surface area contributed by atoms with Crippen LogP contribution < -0.4 is 5.56 Å². The Morgan fingerprint density at radius 1 is 1.45 bits per heavy atom. The van der Waals surface area contributed by atoms with Crippen molar-refractivity contribution < 1.29 is 4.79 Å². The standard InChI is InChI=1S/C17H27N3O2/c1-12(2)9-20-6-5-14(11-20)10-19(4)17(22)15-7-13(3)18-16(21)8-15/h7-8,12,14H,5-6,9-11H2,1-4H3,(H,18,21)/t14-/m1/s1. The molecule has 5 heteroatoms. The number of H-pyrrole nitrogens is 1. The third-order valence-electron chi connectivity index (χ3n) is 4.10. The van der Waals surface area contributed by atoms with Crippen LogP contribution in [-0.2, 0) is 0 Å². The van der Waals surface area contributed by atoms with Crippen molar-refractivity contribution in [3.63, 3.8) is 0 Å². The fraction of sp³-hybridized carbons (Fsp3) is 0.647. The van der Waals surface area contributed by atoms with Gasteiger partial charge in [-0.25, -0.2) is 0 Å². The van der Waals surface area contributed by atoms with Gasteiger partial charge in [-0.15, -0.1) is 0 Å². The van der Waals surface area contributed by atoms with Crippen molar-refractivity contribution in [2.45, 2.75) is 27.2 Å². The molecule has 1 N–H and O–H groups in total. The van der Waals surface area contributed by atoms with E-state index in [1.807, 2.05) is 7.05 Å². The zero-order chi connectivity index (χ0) is 16.3. The molecule has 22 heavy (non-hydrogen) atoms. The lowest BCUT2D eigenvalue weighted by Gasteiger charge is -2.22. The molecule has 1 fully saturated rings. The van der Waals surface area contributed by atoms with Crippen LogP contribution in [0.3, 0.4) is 0 Å². The molecule has 0 unspecified atom stereocenters. The molecule has 0 aromatic carbocycles. The molecule has 1 saturated heterocycles. The molecule has 2 rings (SSSR count). The van der Waals surface area contributed by atoms with Gasteiger partial charge in [0.15, 0.2) is 0 Å². The summed E-state index contributed by atoms with van der Waals surface area (Å²) in [4.78, 5) is 30.8. The van der Waals surface area contributed by atoms with Crippen LogP contribution >= 0.6 is 0 Å². The van der Waals surface area contributed by atoms with Gasteiger partial charge in [-0.05, 0) is 37.8 Å². The molecule has 1 amide bonds. The predicted molar refractivity (Wildman–Crippen MR) is 88.1 cm³/mol. The second-order valence-corrected chi connectivity index (χ2v) is 6.91. The van der Waals surface area contributed by atoms with Crippen LogP contribution in [0.15, 0.2) is 16.9 Å². The van der Waals surface area contributed by atoms with Gasteiger partial charge in [-0.1, -0.05) is 13.8 Å². The lowest BCUT2D eigenvalue weighted by Crippen LogP contribution is -2.34. The molecule has 0 bridgehead atoms. The maximum absolute atomic E-state index is 12.5. The molecular weight excluding hydrogens is 278 g/mol. The molecule has 1 aromatic heterocycles. The number of nitrogens with zero attached hydrogens (tertiary/aromatic N) is 2. The van der Waals surface area contributed by atoms with Gasteiger partial charge < -0.3 is 14.8 Å². The molecule has 2 heterocycles. The summed E-state index contributed by atoms with van der Waals surface area (Å²) in [7, 11) is 1.82. The van der Waals surface area contributed by atoms with E-state index < -0.39 is 0 Å². The van der Waals surface area contributed by atoms with Crippen LogP contribution in [0.25, 0.3) is 0 Å². The maximum Gasteiger partial charge on any atom is 0.253 e. The van der Waals surface area contributed by atoms with Gasteiger partial charge in [0.1, 0.15) is 0 Å². The normalized spacial score (nSPS) is 18.9. The summed E-state index contributed by atoms with van der Waals surface area (Å²) in [5, 5.41) is 0. The summed E-state index contributed by atoms with van der Waals surface area (Å²) < 4.78 is 0. The van der Waals surface area contributed by atoms with Crippen LogP contribution in [0.1, 0.15) is 36.3 Å². The Morgan fingerprint density at radius 3 is 2.82 bits per heavy atom. The van der Waals surface area contributed by atoms with Crippen molar-refractivity contribution in [1.29, 1.82) is 0 Å². The van der Waals surface area contributed by atoms with Crippen LogP contribution in [0, 0.1) is 18.8 Å². The van der Waals surface area contributed by atoms with E-state index in [2.05, 4.69) is 23.7 Å². The van der Waals surface area contributed by atoms with Gasteiger partial charge in [0.2, 0.25) is 5.56 Å². The van der Waals surface area contributed by atoms with Gasteiger partial charge in [0.25, 0.3) is 5.91 Å². The summed E-state index contributed by atoms with van der Waals surface area (Å²) in [6.45, 7) is 10.3. The Balaban J connectivity index is 1.93. The molecule has 1 aromatic rings. The molecule has 0 radical (unpaired) electrons. The molecule has 0 saturated carbocycles. The summed E-state index contributed by atoms with van der Waals surface area (Å²) in [6, 6.07) is 3.12. The summed E-state index contributed by atoms with van der Waals surface area (Å²) in [5.74, 6) is 1.13. The first-order valence-corrected chi connectivity index (χ1v) is 8.04.